The highest BCUT2D eigenvalue weighted by molar-refractivity contribution is 6.30. The van der Waals surface area contributed by atoms with Gasteiger partial charge in [0.25, 0.3) is 0 Å². The molecule has 0 aliphatic rings. The summed E-state index contributed by atoms with van der Waals surface area (Å²) >= 11 is 5.79. The predicted molar refractivity (Wildman–Crippen MR) is 77.3 cm³/mol. The molecule has 2 aromatic carbocycles. The molecule has 0 aliphatic heterocycles. The van der Waals surface area contributed by atoms with Gasteiger partial charge in [0.05, 0.1) is 5.97 Å². The minimum Gasteiger partial charge on any atom is -0.546 e. The van der Waals surface area contributed by atoms with Crippen molar-refractivity contribution in [3.05, 3.63) is 59.1 Å². The standard InChI is InChI=1S/C16H15ClO4/c1-11(16(18)19)21-15-6-2-12(3-7-15)10-20-14-8-4-13(17)5-9-14/h2-9,11H,10H2,1H3,(H,18,19)/p-1. The Morgan fingerprint density at radius 1 is 1.10 bits per heavy atom. The summed E-state index contributed by atoms with van der Waals surface area (Å²) in [5.74, 6) is -0.0441. The SMILES string of the molecule is CC(Oc1ccc(COc2ccc(Cl)cc2)cc1)C(=O)[O-]. The number of hydrogen-bond donors (Lipinski definition) is 0. The zero-order chi connectivity index (χ0) is 15.2. The van der Waals surface area contributed by atoms with Crippen LogP contribution in [0.4, 0.5) is 0 Å². The third-order valence-electron chi connectivity index (χ3n) is 2.79. The molecule has 1 unspecified atom stereocenters. The van der Waals surface area contributed by atoms with Crippen LogP contribution >= 0.6 is 11.6 Å². The molecule has 0 saturated heterocycles. The summed E-state index contributed by atoms with van der Waals surface area (Å²) in [6, 6.07) is 14.1. The fraction of sp³-hybridized carbons (Fsp3) is 0.188. The van der Waals surface area contributed by atoms with Gasteiger partial charge in [0.1, 0.15) is 24.2 Å². The van der Waals surface area contributed by atoms with Crippen LogP contribution < -0.4 is 14.6 Å². The number of ether oxygens (including phenoxy) is 2. The van der Waals surface area contributed by atoms with E-state index in [2.05, 4.69) is 0 Å². The van der Waals surface area contributed by atoms with Gasteiger partial charge in [0, 0.05) is 5.02 Å². The maximum atomic E-state index is 10.6. The summed E-state index contributed by atoms with van der Waals surface area (Å²) in [7, 11) is 0. The van der Waals surface area contributed by atoms with E-state index in [-0.39, 0.29) is 0 Å². The largest absolute Gasteiger partial charge is 0.546 e. The Bertz CT molecular complexity index is 593. The van der Waals surface area contributed by atoms with Gasteiger partial charge in [-0.05, 0) is 48.9 Å². The molecule has 0 radical (unpaired) electrons. The zero-order valence-electron chi connectivity index (χ0n) is 11.4. The molecule has 0 saturated carbocycles. The van der Waals surface area contributed by atoms with E-state index < -0.39 is 12.1 Å². The first-order valence-electron chi connectivity index (χ1n) is 6.39. The lowest BCUT2D eigenvalue weighted by Gasteiger charge is -2.15. The van der Waals surface area contributed by atoms with Crippen molar-refractivity contribution in [2.45, 2.75) is 19.6 Å². The summed E-state index contributed by atoms with van der Waals surface area (Å²) in [4.78, 5) is 10.6. The van der Waals surface area contributed by atoms with Gasteiger partial charge in [-0.15, -0.1) is 0 Å². The summed E-state index contributed by atoms with van der Waals surface area (Å²) in [5, 5.41) is 11.2. The Balaban J connectivity index is 1.90. The first kappa shape index (κ1) is 15.2. The highest BCUT2D eigenvalue weighted by Crippen LogP contribution is 2.18. The summed E-state index contributed by atoms with van der Waals surface area (Å²) in [5.41, 5.74) is 0.943. The van der Waals surface area contributed by atoms with Crippen LogP contribution in [0.15, 0.2) is 48.5 Å². The van der Waals surface area contributed by atoms with E-state index in [1.54, 1.807) is 36.4 Å². The number of carboxylic acid groups (broad SMARTS) is 1. The van der Waals surface area contributed by atoms with Crippen LogP contribution in [0, 0.1) is 0 Å². The number of hydrogen-bond acceptors (Lipinski definition) is 4. The van der Waals surface area contributed by atoms with E-state index in [0.29, 0.717) is 17.4 Å². The second-order valence-corrected chi connectivity index (χ2v) is 4.90. The molecule has 1 atom stereocenters. The molecule has 0 bridgehead atoms. The molecule has 110 valence electrons. The zero-order valence-corrected chi connectivity index (χ0v) is 12.2. The van der Waals surface area contributed by atoms with Crippen LogP contribution in [-0.2, 0) is 11.4 Å². The van der Waals surface area contributed by atoms with E-state index in [9.17, 15) is 9.90 Å². The number of carboxylic acids is 1. The lowest BCUT2D eigenvalue weighted by molar-refractivity contribution is -0.312. The highest BCUT2D eigenvalue weighted by atomic mass is 35.5. The molecule has 21 heavy (non-hydrogen) atoms. The van der Waals surface area contributed by atoms with Crippen molar-refractivity contribution in [2.75, 3.05) is 0 Å². The lowest BCUT2D eigenvalue weighted by atomic mass is 10.2. The second kappa shape index (κ2) is 6.99. The predicted octanol–water partition coefficient (Wildman–Crippen LogP) is 2.44. The van der Waals surface area contributed by atoms with Gasteiger partial charge in [-0.2, -0.15) is 0 Å². The summed E-state index contributed by atoms with van der Waals surface area (Å²) in [6.07, 6.45) is -0.985. The molecule has 0 aromatic heterocycles. The van der Waals surface area contributed by atoms with E-state index >= 15 is 0 Å². The van der Waals surface area contributed by atoms with E-state index in [0.717, 1.165) is 11.3 Å². The Morgan fingerprint density at radius 3 is 2.24 bits per heavy atom. The highest BCUT2D eigenvalue weighted by Gasteiger charge is 2.04. The molecule has 4 nitrogen and oxygen atoms in total. The van der Waals surface area contributed by atoms with Crippen LogP contribution in [0.5, 0.6) is 11.5 Å². The van der Waals surface area contributed by atoms with Crippen molar-refractivity contribution in [3.63, 3.8) is 0 Å². The molecule has 0 fully saturated rings. The van der Waals surface area contributed by atoms with E-state index in [1.807, 2.05) is 12.1 Å². The number of aliphatic carboxylic acids is 1. The van der Waals surface area contributed by atoms with Crippen LogP contribution in [0.3, 0.4) is 0 Å². The topological polar surface area (TPSA) is 58.6 Å². The van der Waals surface area contributed by atoms with Crippen LogP contribution in [0.1, 0.15) is 12.5 Å². The smallest absolute Gasteiger partial charge is 0.135 e. The normalized spacial score (nSPS) is 11.7. The Morgan fingerprint density at radius 2 is 1.67 bits per heavy atom. The van der Waals surface area contributed by atoms with Gasteiger partial charge in [0.2, 0.25) is 0 Å². The monoisotopic (exact) mass is 305 g/mol. The molecule has 5 heteroatoms. The maximum absolute atomic E-state index is 10.6. The van der Waals surface area contributed by atoms with Gasteiger partial charge in [-0.1, -0.05) is 23.7 Å². The van der Waals surface area contributed by atoms with Crippen molar-refractivity contribution in [1.82, 2.24) is 0 Å². The first-order valence-corrected chi connectivity index (χ1v) is 6.77. The lowest BCUT2D eigenvalue weighted by Crippen LogP contribution is -2.37. The van der Waals surface area contributed by atoms with Crippen molar-refractivity contribution in [1.29, 1.82) is 0 Å². The fourth-order valence-corrected chi connectivity index (χ4v) is 1.74. The Kier molecular flexibility index (Phi) is 5.06. The van der Waals surface area contributed by atoms with Gasteiger partial charge in [0.15, 0.2) is 0 Å². The average Bonchev–Trinajstić information content (AvgIpc) is 2.48. The number of carbonyl (C=O) groups is 1. The quantitative estimate of drug-likeness (QED) is 0.822. The molecule has 2 aromatic rings. The van der Waals surface area contributed by atoms with Crippen LogP contribution in [-0.4, -0.2) is 12.1 Å². The maximum Gasteiger partial charge on any atom is 0.135 e. The van der Waals surface area contributed by atoms with Crippen LogP contribution in [0.2, 0.25) is 5.02 Å². The van der Waals surface area contributed by atoms with Crippen molar-refractivity contribution in [3.8, 4) is 11.5 Å². The number of rotatable bonds is 6. The molecule has 0 heterocycles. The van der Waals surface area contributed by atoms with Gasteiger partial charge >= 0.3 is 0 Å². The summed E-state index contributed by atoms with van der Waals surface area (Å²) in [6.45, 7) is 1.82. The van der Waals surface area contributed by atoms with Crippen molar-refractivity contribution in [2.24, 2.45) is 0 Å². The van der Waals surface area contributed by atoms with Crippen LogP contribution in [0.25, 0.3) is 0 Å². The third-order valence-corrected chi connectivity index (χ3v) is 3.04. The molecular formula is C16H14ClO4-. The second-order valence-electron chi connectivity index (χ2n) is 4.47. The van der Waals surface area contributed by atoms with Gasteiger partial charge in [-0.3, -0.25) is 0 Å². The van der Waals surface area contributed by atoms with Gasteiger partial charge < -0.3 is 19.4 Å². The molecule has 0 N–H and O–H groups in total. The van der Waals surface area contributed by atoms with Gasteiger partial charge in [-0.25, -0.2) is 0 Å². The Hall–Kier alpha value is -2.20. The minimum atomic E-state index is -1.25. The minimum absolute atomic E-state index is 0.401. The molecular weight excluding hydrogens is 292 g/mol. The third kappa shape index (κ3) is 4.68. The number of carbonyl (C=O) groups excluding carboxylic acids is 1. The molecule has 0 aliphatic carbocycles. The molecule has 0 amide bonds. The van der Waals surface area contributed by atoms with E-state index in [4.69, 9.17) is 21.1 Å². The molecule has 2 rings (SSSR count). The Labute approximate surface area is 127 Å². The average molecular weight is 306 g/mol. The summed E-state index contributed by atoms with van der Waals surface area (Å²) < 4.78 is 10.8. The fourth-order valence-electron chi connectivity index (χ4n) is 1.61. The van der Waals surface area contributed by atoms with E-state index in [1.165, 1.54) is 6.92 Å². The van der Waals surface area contributed by atoms with Crippen molar-refractivity contribution < 1.29 is 19.4 Å². The molecule has 0 spiro atoms. The number of halogens is 1. The first-order chi connectivity index (χ1) is 10.0. The number of benzene rings is 2. The van der Waals surface area contributed by atoms with Crippen molar-refractivity contribution >= 4 is 17.6 Å².